The number of aryl methyl sites for hydroxylation is 1. The predicted molar refractivity (Wildman–Crippen MR) is 83.6 cm³/mol. The number of nitrogens with one attached hydrogen (secondary N) is 1. The minimum atomic E-state index is 0.390. The average Bonchev–Trinajstić information content (AvgIpc) is 2.64. The normalized spacial score (nSPS) is 20.6. The molecule has 112 valence electrons. The summed E-state index contributed by atoms with van der Waals surface area (Å²) in [6, 6.07) is 0. The van der Waals surface area contributed by atoms with Gasteiger partial charge in [0.15, 0.2) is 0 Å². The smallest absolute Gasteiger partial charge is 0.239 e. The van der Waals surface area contributed by atoms with Gasteiger partial charge in [-0.05, 0) is 37.5 Å². The van der Waals surface area contributed by atoms with Gasteiger partial charge < -0.3 is 4.90 Å². The van der Waals surface area contributed by atoms with Crippen LogP contribution in [-0.2, 0) is 0 Å². The highest BCUT2D eigenvalue weighted by atomic mass is 15.3. The first-order chi connectivity index (χ1) is 9.41. The summed E-state index contributed by atoms with van der Waals surface area (Å²) in [6.07, 6.45) is 5.57. The van der Waals surface area contributed by atoms with Crippen molar-refractivity contribution < 1.29 is 0 Å². The van der Waals surface area contributed by atoms with Gasteiger partial charge in [0.25, 0.3) is 0 Å². The lowest BCUT2D eigenvalue weighted by molar-refractivity contribution is 0.220. The van der Waals surface area contributed by atoms with Crippen molar-refractivity contribution in [2.75, 3.05) is 23.4 Å². The summed E-state index contributed by atoms with van der Waals surface area (Å²) in [4.78, 5) is 11.1. The molecule has 1 aromatic heterocycles. The van der Waals surface area contributed by atoms with Gasteiger partial charge in [0.05, 0.1) is 0 Å². The highest BCUT2D eigenvalue weighted by molar-refractivity contribution is 5.48. The fourth-order valence-electron chi connectivity index (χ4n) is 3.00. The number of nitrogens with two attached hydrogens (primary N) is 1. The molecule has 1 aromatic rings. The van der Waals surface area contributed by atoms with Crippen LogP contribution in [0.3, 0.4) is 0 Å². The van der Waals surface area contributed by atoms with Crippen molar-refractivity contribution in [3.05, 3.63) is 11.8 Å². The first-order valence-electron chi connectivity index (χ1n) is 7.47. The van der Waals surface area contributed by atoms with E-state index < -0.39 is 0 Å². The maximum atomic E-state index is 5.41. The van der Waals surface area contributed by atoms with Gasteiger partial charge >= 0.3 is 0 Å². The van der Waals surface area contributed by atoms with E-state index in [1.54, 1.807) is 0 Å². The van der Waals surface area contributed by atoms with Crippen LogP contribution in [0.25, 0.3) is 0 Å². The number of anilines is 2. The van der Waals surface area contributed by atoms with Crippen molar-refractivity contribution in [2.45, 2.75) is 47.0 Å². The molecule has 2 rings (SSSR count). The molecule has 0 saturated carbocycles. The zero-order valence-corrected chi connectivity index (χ0v) is 13.1. The number of rotatable bonds is 2. The third kappa shape index (κ3) is 3.39. The Morgan fingerprint density at radius 2 is 2.05 bits per heavy atom. The summed E-state index contributed by atoms with van der Waals surface area (Å²) < 4.78 is 0. The number of hydrogen-bond acceptors (Lipinski definition) is 5. The van der Waals surface area contributed by atoms with Gasteiger partial charge in [-0.1, -0.05) is 20.8 Å². The van der Waals surface area contributed by atoms with Crippen LogP contribution in [0.2, 0.25) is 0 Å². The van der Waals surface area contributed by atoms with Crippen molar-refractivity contribution >= 4 is 11.8 Å². The SMILES string of the molecule is Cc1cnc(NN)nc1N1CCCC(C(C)(C)C)CC1. The summed E-state index contributed by atoms with van der Waals surface area (Å²) >= 11 is 0. The quantitative estimate of drug-likeness (QED) is 0.642. The van der Waals surface area contributed by atoms with E-state index >= 15 is 0 Å². The fraction of sp³-hybridized carbons (Fsp3) is 0.733. The van der Waals surface area contributed by atoms with Crippen molar-refractivity contribution in [3.63, 3.8) is 0 Å². The van der Waals surface area contributed by atoms with Crippen LogP contribution in [0.4, 0.5) is 11.8 Å². The van der Waals surface area contributed by atoms with E-state index in [1.807, 2.05) is 6.20 Å². The Hall–Kier alpha value is -1.36. The maximum absolute atomic E-state index is 5.41. The Balaban J connectivity index is 2.14. The largest absolute Gasteiger partial charge is 0.356 e. The van der Waals surface area contributed by atoms with E-state index in [4.69, 9.17) is 5.84 Å². The number of nitrogens with zero attached hydrogens (tertiary/aromatic N) is 3. The Morgan fingerprint density at radius 1 is 1.30 bits per heavy atom. The lowest BCUT2D eigenvalue weighted by Crippen LogP contribution is -2.28. The molecular weight excluding hydrogens is 250 g/mol. The van der Waals surface area contributed by atoms with E-state index in [0.717, 1.165) is 30.4 Å². The van der Waals surface area contributed by atoms with Crippen LogP contribution in [0.15, 0.2) is 6.20 Å². The number of hydrogen-bond donors (Lipinski definition) is 2. The zero-order chi connectivity index (χ0) is 14.8. The predicted octanol–water partition coefficient (Wildman–Crippen LogP) is 2.72. The molecule has 1 aliphatic heterocycles. The van der Waals surface area contributed by atoms with E-state index in [1.165, 1.54) is 19.3 Å². The molecule has 0 aliphatic carbocycles. The molecule has 1 fully saturated rings. The van der Waals surface area contributed by atoms with Crippen molar-refractivity contribution in [2.24, 2.45) is 17.2 Å². The molecule has 20 heavy (non-hydrogen) atoms. The van der Waals surface area contributed by atoms with Gasteiger partial charge in [0.1, 0.15) is 5.82 Å². The minimum absolute atomic E-state index is 0.390. The molecule has 1 atom stereocenters. The second-order valence-corrected chi connectivity index (χ2v) is 6.83. The zero-order valence-electron chi connectivity index (χ0n) is 13.1. The van der Waals surface area contributed by atoms with Gasteiger partial charge in [-0.25, -0.2) is 10.8 Å². The van der Waals surface area contributed by atoms with Crippen LogP contribution < -0.4 is 16.2 Å². The molecule has 0 aromatic carbocycles. The van der Waals surface area contributed by atoms with Crippen LogP contribution in [0, 0.1) is 18.3 Å². The van der Waals surface area contributed by atoms with E-state index in [0.29, 0.717) is 11.4 Å². The monoisotopic (exact) mass is 277 g/mol. The maximum Gasteiger partial charge on any atom is 0.239 e. The first-order valence-corrected chi connectivity index (χ1v) is 7.47. The molecule has 0 bridgehead atoms. The van der Waals surface area contributed by atoms with Crippen LogP contribution in [0.1, 0.15) is 45.6 Å². The molecule has 1 saturated heterocycles. The van der Waals surface area contributed by atoms with E-state index in [9.17, 15) is 0 Å². The third-order valence-electron chi connectivity index (χ3n) is 4.33. The number of hydrazine groups is 1. The summed E-state index contributed by atoms with van der Waals surface area (Å²) in [5, 5.41) is 0. The van der Waals surface area contributed by atoms with Crippen LogP contribution in [0.5, 0.6) is 0 Å². The lowest BCUT2D eigenvalue weighted by atomic mass is 9.77. The molecule has 1 unspecified atom stereocenters. The molecule has 0 amide bonds. The fourth-order valence-corrected chi connectivity index (χ4v) is 3.00. The second kappa shape index (κ2) is 5.95. The summed E-state index contributed by atoms with van der Waals surface area (Å²) in [6.45, 7) is 11.2. The first kappa shape index (κ1) is 15.0. The Labute approximate surface area is 121 Å². The minimum Gasteiger partial charge on any atom is -0.356 e. The van der Waals surface area contributed by atoms with E-state index in [-0.39, 0.29) is 0 Å². The Morgan fingerprint density at radius 3 is 2.70 bits per heavy atom. The number of aromatic nitrogens is 2. The van der Waals surface area contributed by atoms with Crippen molar-refractivity contribution in [1.29, 1.82) is 0 Å². The van der Waals surface area contributed by atoms with Gasteiger partial charge in [0.2, 0.25) is 5.95 Å². The second-order valence-electron chi connectivity index (χ2n) is 6.83. The summed E-state index contributed by atoms with van der Waals surface area (Å²) in [5.41, 5.74) is 4.03. The Kier molecular flexibility index (Phi) is 4.48. The molecule has 1 aliphatic rings. The average molecular weight is 277 g/mol. The molecular formula is C15H27N5. The standard InChI is InChI=1S/C15H27N5/c1-11-10-17-14(19-16)18-13(11)20-8-5-6-12(7-9-20)15(2,3)4/h10,12H,5-9,16H2,1-4H3,(H,17,18,19). The van der Waals surface area contributed by atoms with Gasteiger partial charge in [-0.2, -0.15) is 4.98 Å². The molecule has 3 N–H and O–H groups in total. The molecule has 0 radical (unpaired) electrons. The third-order valence-corrected chi connectivity index (χ3v) is 4.33. The topological polar surface area (TPSA) is 67.1 Å². The van der Waals surface area contributed by atoms with Gasteiger partial charge in [0, 0.05) is 24.8 Å². The highest BCUT2D eigenvalue weighted by Crippen LogP contribution is 2.35. The lowest BCUT2D eigenvalue weighted by Gasteiger charge is -2.30. The molecule has 2 heterocycles. The highest BCUT2D eigenvalue weighted by Gasteiger charge is 2.27. The van der Waals surface area contributed by atoms with Crippen LogP contribution in [-0.4, -0.2) is 23.1 Å². The van der Waals surface area contributed by atoms with Crippen molar-refractivity contribution in [3.8, 4) is 0 Å². The Bertz CT molecular complexity index is 452. The van der Waals surface area contributed by atoms with Gasteiger partial charge in [-0.3, -0.25) is 5.43 Å². The molecule has 0 spiro atoms. The summed E-state index contributed by atoms with van der Waals surface area (Å²) in [5.74, 6) is 7.70. The summed E-state index contributed by atoms with van der Waals surface area (Å²) in [7, 11) is 0. The van der Waals surface area contributed by atoms with Crippen molar-refractivity contribution in [1.82, 2.24) is 9.97 Å². The van der Waals surface area contributed by atoms with Crippen LogP contribution >= 0.6 is 0 Å². The van der Waals surface area contributed by atoms with E-state index in [2.05, 4.69) is 48.0 Å². The molecule has 5 heteroatoms. The van der Waals surface area contributed by atoms with Gasteiger partial charge in [-0.15, -0.1) is 0 Å². The number of nitrogen functional groups attached to an aromatic ring is 1. The molecule has 5 nitrogen and oxygen atoms in total.